The zero-order valence-corrected chi connectivity index (χ0v) is 13.2. The van der Waals surface area contributed by atoms with E-state index in [0.29, 0.717) is 11.5 Å². The van der Waals surface area contributed by atoms with Gasteiger partial charge in [0.1, 0.15) is 11.5 Å². The minimum Gasteiger partial charge on any atom is -0.456 e. The predicted octanol–water partition coefficient (Wildman–Crippen LogP) is 1.84. The van der Waals surface area contributed by atoms with Crippen molar-refractivity contribution in [1.82, 2.24) is 20.3 Å². The van der Waals surface area contributed by atoms with Gasteiger partial charge in [-0.3, -0.25) is 4.79 Å². The number of carbonyl (C=O) groups is 1. The molecule has 0 aromatic carbocycles. The van der Waals surface area contributed by atoms with Gasteiger partial charge in [-0.05, 0) is 25.0 Å². The van der Waals surface area contributed by atoms with Gasteiger partial charge in [0, 0.05) is 6.42 Å². The highest BCUT2D eigenvalue weighted by atomic mass is 16.3. The second-order valence-corrected chi connectivity index (χ2v) is 5.90. The minimum atomic E-state index is -0.191. The number of aromatic nitrogens is 3. The molecule has 2 heterocycles. The molecule has 0 bridgehead atoms. The Labute approximate surface area is 134 Å². The highest BCUT2D eigenvalue weighted by Crippen LogP contribution is 2.28. The van der Waals surface area contributed by atoms with Gasteiger partial charge in [0.15, 0.2) is 5.76 Å². The summed E-state index contributed by atoms with van der Waals surface area (Å²) in [6, 6.07) is 3.59. The zero-order chi connectivity index (χ0) is 16.2. The number of amides is 1. The lowest BCUT2D eigenvalue weighted by Crippen LogP contribution is -2.43. The monoisotopic (exact) mass is 318 g/mol. The number of nitrogens with one attached hydrogen (secondary N) is 1. The zero-order valence-electron chi connectivity index (χ0n) is 13.2. The number of aliphatic hydroxyl groups excluding tert-OH is 1. The maximum absolute atomic E-state index is 12.4. The number of hydrogen-bond donors (Lipinski definition) is 2. The molecular weight excluding hydrogens is 296 g/mol. The van der Waals surface area contributed by atoms with Crippen LogP contribution in [0, 0.1) is 0 Å². The van der Waals surface area contributed by atoms with E-state index in [1.165, 1.54) is 0 Å². The average molecular weight is 318 g/mol. The third-order valence-electron chi connectivity index (χ3n) is 4.34. The summed E-state index contributed by atoms with van der Waals surface area (Å²) in [5.41, 5.74) is 0.541. The van der Waals surface area contributed by atoms with E-state index in [2.05, 4.69) is 15.6 Å². The first-order chi connectivity index (χ1) is 11.2. The van der Waals surface area contributed by atoms with Gasteiger partial charge < -0.3 is 14.8 Å². The SMILES string of the molecule is CCc1ccc(C(=O)N[C@H]2CCCC[C@H]2n2cc(CO)nn2)o1. The largest absolute Gasteiger partial charge is 0.456 e. The number of furan rings is 1. The van der Waals surface area contributed by atoms with Crippen LogP contribution in [0.25, 0.3) is 0 Å². The fourth-order valence-corrected chi connectivity index (χ4v) is 3.07. The summed E-state index contributed by atoms with van der Waals surface area (Å²) < 4.78 is 7.28. The van der Waals surface area contributed by atoms with Crippen molar-refractivity contribution in [3.05, 3.63) is 35.5 Å². The Morgan fingerprint density at radius 3 is 2.96 bits per heavy atom. The van der Waals surface area contributed by atoms with Gasteiger partial charge in [-0.25, -0.2) is 4.68 Å². The Kier molecular flexibility index (Phi) is 4.76. The van der Waals surface area contributed by atoms with E-state index >= 15 is 0 Å². The van der Waals surface area contributed by atoms with Crippen molar-refractivity contribution in [3.63, 3.8) is 0 Å². The topological polar surface area (TPSA) is 93.2 Å². The summed E-state index contributed by atoms with van der Waals surface area (Å²) in [4.78, 5) is 12.4. The highest BCUT2D eigenvalue weighted by molar-refractivity contribution is 5.91. The van der Waals surface area contributed by atoms with Crippen molar-refractivity contribution in [3.8, 4) is 0 Å². The number of carbonyl (C=O) groups excluding carboxylic acids is 1. The van der Waals surface area contributed by atoms with Gasteiger partial charge in [0.25, 0.3) is 5.91 Å². The Hall–Kier alpha value is -2.15. The van der Waals surface area contributed by atoms with Crippen LogP contribution in [-0.2, 0) is 13.0 Å². The molecule has 0 saturated heterocycles. The highest BCUT2D eigenvalue weighted by Gasteiger charge is 2.29. The lowest BCUT2D eigenvalue weighted by atomic mass is 9.90. The summed E-state index contributed by atoms with van der Waals surface area (Å²) >= 11 is 0. The van der Waals surface area contributed by atoms with Gasteiger partial charge in [0.05, 0.1) is 24.9 Å². The van der Waals surface area contributed by atoms with Gasteiger partial charge in [0.2, 0.25) is 0 Å². The summed E-state index contributed by atoms with van der Waals surface area (Å²) in [5.74, 6) is 0.962. The summed E-state index contributed by atoms with van der Waals surface area (Å²) in [6.45, 7) is 1.86. The molecule has 1 amide bonds. The number of aliphatic hydroxyl groups is 1. The molecule has 7 nitrogen and oxygen atoms in total. The van der Waals surface area contributed by atoms with E-state index in [4.69, 9.17) is 9.52 Å². The molecule has 23 heavy (non-hydrogen) atoms. The van der Waals surface area contributed by atoms with Gasteiger partial charge >= 0.3 is 0 Å². The maximum atomic E-state index is 12.4. The van der Waals surface area contributed by atoms with Crippen molar-refractivity contribution in [1.29, 1.82) is 0 Å². The smallest absolute Gasteiger partial charge is 0.287 e. The second-order valence-electron chi connectivity index (χ2n) is 5.90. The normalized spacial score (nSPS) is 21.3. The molecule has 7 heteroatoms. The number of hydrogen-bond acceptors (Lipinski definition) is 5. The number of aryl methyl sites for hydroxylation is 1. The lowest BCUT2D eigenvalue weighted by Gasteiger charge is -2.31. The van der Waals surface area contributed by atoms with E-state index in [1.54, 1.807) is 16.9 Å². The fraction of sp³-hybridized carbons (Fsp3) is 0.562. The molecule has 2 N–H and O–H groups in total. The van der Waals surface area contributed by atoms with Crippen LogP contribution in [0.5, 0.6) is 0 Å². The molecule has 0 spiro atoms. The van der Waals surface area contributed by atoms with Crippen LogP contribution in [0.1, 0.15) is 60.7 Å². The summed E-state index contributed by atoms with van der Waals surface area (Å²) in [5, 5.41) is 20.2. The molecule has 0 unspecified atom stereocenters. The van der Waals surface area contributed by atoms with E-state index < -0.39 is 0 Å². The lowest BCUT2D eigenvalue weighted by molar-refractivity contribution is 0.0874. The molecule has 1 fully saturated rings. The van der Waals surface area contributed by atoms with Crippen LogP contribution in [0.15, 0.2) is 22.7 Å². The molecule has 3 rings (SSSR count). The van der Waals surface area contributed by atoms with Crippen LogP contribution in [0.3, 0.4) is 0 Å². The van der Waals surface area contributed by atoms with Gasteiger partial charge in [-0.1, -0.05) is 25.0 Å². The molecule has 2 aromatic heterocycles. The molecule has 0 radical (unpaired) electrons. The van der Waals surface area contributed by atoms with Crippen molar-refractivity contribution in [2.24, 2.45) is 0 Å². The molecule has 124 valence electrons. The van der Waals surface area contributed by atoms with E-state index in [9.17, 15) is 4.79 Å². The quantitative estimate of drug-likeness (QED) is 0.877. The average Bonchev–Trinajstić information content (AvgIpc) is 3.24. The molecule has 1 aliphatic carbocycles. The maximum Gasteiger partial charge on any atom is 0.287 e. The standard InChI is InChI=1S/C16H22N4O3/c1-2-12-7-8-15(23-12)16(22)17-13-5-3-4-6-14(13)20-9-11(10-21)18-19-20/h7-9,13-14,21H,2-6,10H2,1H3,(H,17,22)/t13-,14+/m0/s1. The van der Waals surface area contributed by atoms with E-state index in [-0.39, 0.29) is 24.6 Å². The van der Waals surface area contributed by atoms with Crippen LogP contribution in [0.4, 0.5) is 0 Å². The van der Waals surface area contributed by atoms with Crippen LogP contribution in [-0.4, -0.2) is 32.0 Å². The number of rotatable bonds is 5. The van der Waals surface area contributed by atoms with E-state index in [0.717, 1.165) is 37.9 Å². The Morgan fingerprint density at radius 2 is 2.26 bits per heavy atom. The summed E-state index contributed by atoms with van der Waals surface area (Å²) in [7, 11) is 0. The number of nitrogens with zero attached hydrogens (tertiary/aromatic N) is 3. The Bertz CT molecular complexity index is 664. The predicted molar refractivity (Wildman–Crippen MR) is 82.8 cm³/mol. The molecule has 2 atom stereocenters. The third kappa shape index (κ3) is 3.44. The molecule has 1 aliphatic rings. The first-order valence-electron chi connectivity index (χ1n) is 8.12. The van der Waals surface area contributed by atoms with Crippen molar-refractivity contribution < 1.29 is 14.3 Å². The third-order valence-corrected chi connectivity index (χ3v) is 4.34. The van der Waals surface area contributed by atoms with Gasteiger partial charge in [-0.15, -0.1) is 5.10 Å². The Morgan fingerprint density at radius 1 is 1.43 bits per heavy atom. The molecular formula is C16H22N4O3. The molecule has 0 aliphatic heterocycles. The van der Waals surface area contributed by atoms with Crippen molar-refractivity contribution in [2.45, 2.75) is 57.7 Å². The molecule has 1 saturated carbocycles. The Balaban J connectivity index is 1.72. The van der Waals surface area contributed by atoms with Crippen molar-refractivity contribution >= 4 is 5.91 Å². The van der Waals surface area contributed by atoms with E-state index in [1.807, 2.05) is 13.0 Å². The van der Waals surface area contributed by atoms with Crippen molar-refractivity contribution in [2.75, 3.05) is 0 Å². The molecule has 2 aromatic rings. The van der Waals surface area contributed by atoms with Crippen LogP contribution in [0.2, 0.25) is 0 Å². The van der Waals surface area contributed by atoms with Crippen LogP contribution >= 0.6 is 0 Å². The summed E-state index contributed by atoms with van der Waals surface area (Å²) in [6.07, 6.45) is 6.50. The first kappa shape index (κ1) is 15.7. The second kappa shape index (κ2) is 6.95. The fourth-order valence-electron chi connectivity index (χ4n) is 3.07. The first-order valence-corrected chi connectivity index (χ1v) is 8.12. The van der Waals surface area contributed by atoms with Gasteiger partial charge in [-0.2, -0.15) is 0 Å². The van der Waals surface area contributed by atoms with Crippen LogP contribution < -0.4 is 5.32 Å². The minimum absolute atomic E-state index is 0.0142.